The van der Waals surface area contributed by atoms with Crippen molar-refractivity contribution in [1.29, 1.82) is 0 Å². The van der Waals surface area contributed by atoms with Crippen LogP contribution < -0.4 is 19.5 Å². The first-order valence-electron chi connectivity index (χ1n) is 13.1. The van der Waals surface area contributed by atoms with Crippen LogP contribution in [0.5, 0.6) is 17.2 Å². The van der Waals surface area contributed by atoms with Crippen molar-refractivity contribution in [2.24, 2.45) is 0 Å². The van der Waals surface area contributed by atoms with E-state index in [1.807, 2.05) is 33.7 Å². The van der Waals surface area contributed by atoms with E-state index in [-0.39, 0.29) is 30.4 Å². The molecular formula is C29H40N4O5. The van der Waals surface area contributed by atoms with Gasteiger partial charge in [0.25, 0.3) is 5.91 Å². The van der Waals surface area contributed by atoms with E-state index < -0.39 is 0 Å². The number of para-hydroxylation sites is 2. The molecule has 0 radical (unpaired) electrons. The average molecular weight is 525 g/mol. The van der Waals surface area contributed by atoms with Gasteiger partial charge in [0, 0.05) is 30.6 Å². The molecule has 1 aromatic heterocycles. The number of ether oxygens (including phenoxy) is 3. The van der Waals surface area contributed by atoms with Gasteiger partial charge in [0.2, 0.25) is 11.7 Å². The van der Waals surface area contributed by atoms with E-state index >= 15 is 0 Å². The molecule has 3 aromatic rings. The molecule has 0 saturated carbocycles. The standard InChI is InChI=1S/C29H40N4O5/c1-8-19(3)33(20(4)9-2)27(34)18-32-23-13-11-10-12-22(23)31-26(32)14-15-30-29(35)21-16-24(36-5)28(38-7)25(17-21)37-6/h10-13,16-17,19-20H,8-9,14-15,18H2,1-7H3,(H,30,35). The molecule has 9 heteroatoms. The van der Waals surface area contributed by atoms with Crippen molar-refractivity contribution in [3.8, 4) is 17.2 Å². The molecule has 0 bridgehead atoms. The Morgan fingerprint density at radius 3 is 2.13 bits per heavy atom. The van der Waals surface area contributed by atoms with Gasteiger partial charge < -0.3 is 29.0 Å². The molecule has 9 nitrogen and oxygen atoms in total. The molecule has 2 unspecified atom stereocenters. The third kappa shape index (κ3) is 6.20. The number of hydrogen-bond acceptors (Lipinski definition) is 6. The minimum Gasteiger partial charge on any atom is -0.493 e. The Morgan fingerprint density at radius 2 is 1.58 bits per heavy atom. The average Bonchev–Trinajstić information content (AvgIpc) is 3.28. The summed E-state index contributed by atoms with van der Waals surface area (Å²) in [7, 11) is 4.53. The zero-order valence-corrected chi connectivity index (χ0v) is 23.5. The zero-order valence-electron chi connectivity index (χ0n) is 23.5. The van der Waals surface area contributed by atoms with Gasteiger partial charge in [0.05, 0.1) is 32.4 Å². The number of nitrogens with zero attached hydrogens (tertiary/aromatic N) is 3. The Morgan fingerprint density at radius 1 is 0.974 bits per heavy atom. The van der Waals surface area contributed by atoms with Crippen LogP contribution in [-0.4, -0.2) is 66.2 Å². The number of imidazole rings is 1. The van der Waals surface area contributed by atoms with E-state index in [1.54, 1.807) is 12.1 Å². The second-order valence-corrected chi connectivity index (χ2v) is 9.34. The number of hydrogen-bond donors (Lipinski definition) is 1. The van der Waals surface area contributed by atoms with Crippen molar-refractivity contribution in [3.63, 3.8) is 0 Å². The van der Waals surface area contributed by atoms with Crippen LogP contribution >= 0.6 is 0 Å². The summed E-state index contributed by atoms with van der Waals surface area (Å²) in [5, 5.41) is 2.95. The Hall–Kier alpha value is -3.75. The number of fused-ring (bicyclic) bond motifs is 1. The molecule has 0 aliphatic rings. The molecule has 3 rings (SSSR count). The van der Waals surface area contributed by atoms with E-state index in [0.29, 0.717) is 35.8 Å². The normalized spacial score (nSPS) is 12.6. The second-order valence-electron chi connectivity index (χ2n) is 9.34. The van der Waals surface area contributed by atoms with Crippen LogP contribution in [0.25, 0.3) is 11.0 Å². The maximum Gasteiger partial charge on any atom is 0.251 e. The number of amides is 2. The van der Waals surface area contributed by atoms with Crippen LogP contribution in [-0.2, 0) is 17.8 Å². The smallest absolute Gasteiger partial charge is 0.251 e. The molecular weight excluding hydrogens is 484 g/mol. The lowest BCUT2D eigenvalue weighted by Crippen LogP contribution is -2.46. The van der Waals surface area contributed by atoms with Crippen molar-refractivity contribution in [2.45, 2.75) is 65.6 Å². The van der Waals surface area contributed by atoms with Crippen molar-refractivity contribution in [1.82, 2.24) is 19.8 Å². The summed E-state index contributed by atoms with van der Waals surface area (Å²) in [6.45, 7) is 8.92. The molecule has 1 N–H and O–H groups in total. The fraction of sp³-hybridized carbons (Fsp3) is 0.483. The molecule has 1 heterocycles. The molecule has 0 spiro atoms. The predicted molar refractivity (Wildman–Crippen MR) is 148 cm³/mol. The first-order chi connectivity index (χ1) is 18.3. The molecule has 2 amide bonds. The minimum atomic E-state index is -0.275. The van der Waals surface area contributed by atoms with Gasteiger partial charge in [-0.2, -0.15) is 0 Å². The number of aromatic nitrogens is 2. The highest BCUT2D eigenvalue weighted by atomic mass is 16.5. The summed E-state index contributed by atoms with van der Waals surface area (Å²) in [6.07, 6.45) is 2.24. The van der Waals surface area contributed by atoms with Crippen LogP contribution in [0, 0.1) is 0 Å². The highest BCUT2D eigenvalue weighted by Crippen LogP contribution is 2.38. The van der Waals surface area contributed by atoms with E-state index in [4.69, 9.17) is 19.2 Å². The highest BCUT2D eigenvalue weighted by molar-refractivity contribution is 5.95. The minimum absolute atomic E-state index is 0.0690. The first kappa shape index (κ1) is 28.8. The van der Waals surface area contributed by atoms with E-state index in [2.05, 4.69) is 33.0 Å². The Balaban J connectivity index is 1.81. The Labute approximate surface area is 225 Å². The fourth-order valence-electron chi connectivity index (χ4n) is 4.63. The van der Waals surface area contributed by atoms with Gasteiger partial charge >= 0.3 is 0 Å². The van der Waals surface area contributed by atoms with E-state index in [9.17, 15) is 9.59 Å². The van der Waals surface area contributed by atoms with Gasteiger partial charge in [-0.1, -0.05) is 26.0 Å². The van der Waals surface area contributed by atoms with Gasteiger partial charge in [-0.05, 0) is 51.0 Å². The Kier molecular flexibility index (Phi) is 9.98. The lowest BCUT2D eigenvalue weighted by Gasteiger charge is -2.34. The third-order valence-electron chi connectivity index (χ3n) is 7.01. The van der Waals surface area contributed by atoms with Gasteiger partial charge in [0.15, 0.2) is 11.5 Å². The number of methoxy groups -OCH3 is 3. The molecule has 0 aliphatic carbocycles. The number of nitrogens with one attached hydrogen (secondary N) is 1. The number of benzene rings is 2. The zero-order chi connectivity index (χ0) is 27.8. The van der Waals surface area contributed by atoms with Crippen LogP contribution in [0.2, 0.25) is 0 Å². The van der Waals surface area contributed by atoms with Gasteiger partial charge in [-0.15, -0.1) is 0 Å². The largest absolute Gasteiger partial charge is 0.493 e. The number of carbonyl (C=O) groups is 2. The van der Waals surface area contributed by atoms with Crippen LogP contribution in [0.4, 0.5) is 0 Å². The summed E-state index contributed by atoms with van der Waals surface area (Å²) >= 11 is 0. The molecule has 2 atom stereocenters. The SMILES string of the molecule is CCC(C)N(C(=O)Cn1c(CCNC(=O)c2cc(OC)c(OC)c(OC)c2)nc2ccccc21)C(C)CC. The second kappa shape index (κ2) is 13.2. The molecule has 0 saturated heterocycles. The number of carbonyl (C=O) groups excluding carboxylic acids is 2. The van der Waals surface area contributed by atoms with Crippen molar-refractivity contribution in [2.75, 3.05) is 27.9 Å². The first-order valence-corrected chi connectivity index (χ1v) is 13.1. The van der Waals surface area contributed by atoms with Crippen molar-refractivity contribution >= 4 is 22.8 Å². The lowest BCUT2D eigenvalue weighted by atomic mass is 10.1. The maximum absolute atomic E-state index is 13.5. The van der Waals surface area contributed by atoms with E-state index in [1.165, 1.54) is 21.3 Å². The molecule has 38 heavy (non-hydrogen) atoms. The topological polar surface area (TPSA) is 94.9 Å². The van der Waals surface area contributed by atoms with E-state index in [0.717, 1.165) is 29.7 Å². The highest BCUT2D eigenvalue weighted by Gasteiger charge is 2.25. The molecule has 206 valence electrons. The quantitative estimate of drug-likeness (QED) is 0.355. The molecule has 2 aromatic carbocycles. The summed E-state index contributed by atoms with van der Waals surface area (Å²) in [6, 6.07) is 11.3. The lowest BCUT2D eigenvalue weighted by molar-refractivity contribution is -0.136. The Bertz CT molecular complexity index is 1220. The van der Waals surface area contributed by atoms with Gasteiger partial charge in [-0.3, -0.25) is 9.59 Å². The third-order valence-corrected chi connectivity index (χ3v) is 7.01. The van der Waals surface area contributed by atoms with Crippen LogP contribution in [0.15, 0.2) is 36.4 Å². The number of rotatable bonds is 13. The maximum atomic E-state index is 13.5. The summed E-state index contributed by atoms with van der Waals surface area (Å²) in [5.41, 5.74) is 2.12. The summed E-state index contributed by atoms with van der Waals surface area (Å²) in [4.78, 5) is 33.3. The fourth-order valence-corrected chi connectivity index (χ4v) is 4.63. The van der Waals surface area contributed by atoms with Gasteiger partial charge in [-0.25, -0.2) is 4.98 Å². The van der Waals surface area contributed by atoms with Crippen molar-refractivity contribution < 1.29 is 23.8 Å². The summed E-state index contributed by atoms with van der Waals surface area (Å²) in [5.74, 6) is 1.78. The molecule has 0 fully saturated rings. The molecule has 0 aliphatic heterocycles. The van der Waals surface area contributed by atoms with Crippen LogP contribution in [0.1, 0.15) is 56.7 Å². The van der Waals surface area contributed by atoms with Gasteiger partial charge in [0.1, 0.15) is 12.4 Å². The van der Waals surface area contributed by atoms with Crippen LogP contribution in [0.3, 0.4) is 0 Å². The predicted octanol–water partition coefficient (Wildman–Crippen LogP) is 4.46. The summed E-state index contributed by atoms with van der Waals surface area (Å²) < 4.78 is 18.0. The van der Waals surface area contributed by atoms with Crippen molar-refractivity contribution in [3.05, 3.63) is 47.8 Å². The monoisotopic (exact) mass is 524 g/mol.